The molecule has 3 aromatic rings. The van der Waals surface area contributed by atoms with Crippen molar-refractivity contribution in [3.05, 3.63) is 71.4 Å². The average molecular weight is 516 g/mol. The van der Waals surface area contributed by atoms with E-state index in [1.807, 2.05) is 55.5 Å². The van der Waals surface area contributed by atoms with Gasteiger partial charge in [0.25, 0.3) is 0 Å². The number of benzene rings is 2. The maximum Gasteiger partial charge on any atom is 0.407 e. The molecule has 3 heterocycles. The smallest absolute Gasteiger partial charge is 0.407 e. The maximum atomic E-state index is 13.0. The normalized spacial score (nSPS) is 20.8. The van der Waals surface area contributed by atoms with Crippen molar-refractivity contribution >= 4 is 23.6 Å². The molecule has 38 heavy (non-hydrogen) atoms. The number of nitrogens with zero attached hydrogens (tertiary/aromatic N) is 3. The van der Waals surface area contributed by atoms with Gasteiger partial charge in [0.05, 0.1) is 11.4 Å². The van der Waals surface area contributed by atoms with Gasteiger partial charge in [-0.1, -0.05) is 50.6 Å². The fraction of sp³-hybridized carbons (Fsp3) is 0.433. The second-order valence-electron chi connectivity index (χ2n) is 11.8. The van der Waals surface area contributed by atoms with Gasteiger partial charge < -0.3 is 15.3 Å². The van der Waals surface area contributed by atoms with Crippen molar-refractivity contribution in [2.45, 2.75) is 77.3 Å². The van der Waals surface area contributed by atoms with Crippen molar-refractivity contribution < 1.29 is 14.7 Å². The molecule has 2 aliphatic rings. The number of hydrogen-bond acceptors (Lipinski definition) is 3. The highest BCUT2D eigenvalue weighted by molar-refractivity contribution is 5.99. The molecule has 8 heteroatoms. The minimum atomic E-state index is -0.786. The number of fused-ring (bicyclic) bond motifs is 2. The first-order valence-corrected chi connectivity index (χ1v) is 13.4. The van der Waals surface area contributed by atoms with Crippen LogP contribution >= 0.6 is 0 Å². The quantitative estimate of drug-likeness (QED) is 0.357. The van der Waals surface area contributed by atoms with Crippen molar-refractivity contribution in [2.75, 3.05) is 10.6 Å². The van der Waals surface area contributed by atoms with Crippen LogP contribution in [0.5, 0.6) is 0 Å². The monoisotopic (exact) mass is 515 g/mol. The Labute approximate surface area is 224 Å². The first-order valence-electron chi connectivity index (χ1n) is 13.4. The summed E-state index contributed by atoms with van der Waals surface area (Å²) in [5, 5.41) is 20.3. The molecule has 0 aliphatic carbocycles. The molecule has 3 atom stereocenters. The van der Waals surface area contributed by atoms with E-state index in [-0.39, 0.29) is 23.5 Å². The highest BCUT2D eigenvalue weighted by Crippen LogP contribution is 2.40. The Kier molecular flexibility index (Phi) is 6.90. The number of aryl methyl sites for hydroxylation is 1. The van der Waals surface area contributed by atoms with Crippen LogP contribution in [-0.2, 0) is 11.8 Å². The Hall–Kier alpha value is -3.81. The van der Waals surface area contributed by atoms with Crippen molar-refractivity contribution in [1.82, 2.24) is 14.7 Å². The van der Waals surface area contributed by atoms with E-state index in [9.17, 15) is 14.7 Å². The van der Waals surface area contributed by atoms with Crippen LogP contribution in [0, 0.1) is 12.8 Å². The Morgan fingerprint density at radius 1 is 1.00 bits per heavy atom. The number of anilines is 2. The van der Waals surface area contributed by atoms with Crippen LogP contribution in [0.4, 0.5) is 21.1 Å². The minimum Gasteiger partial charge on any atom is -0.465 e. The third-order valence-corrected chi connectivity index (χ3v) is 7.76. The van der Waals surface area contributed by atoms with Gasteiger partial charge in [0.2, 0.25) is 0 Å². The lowest BCUT2D eigenvalue weighted by Crippen LogP contribution is -2.46. The molecule has 8 nitrogen and oxygen atoms in total. The van der Waals surface area contributed by atoms with Gasteiger partial charge in [-0.25, -0.2) is 14.3 Å². The average Bonchev–Trinajstić information content (AvgIpc) is 3.39. The van der Waals surface area contributed by atoms with Gasteiger partial charge in [0.1, 0.15) is 5.82 Å². The third-order valence-electron chi connectivity index (χ3n) is 7.76. The van der Waals surface area contributed by atoms with E-state index in [2.05, 4.69) is 37.5 Å². The molecule has 5 rings (SSSR count). The molecule has 0 radical (unpaired) electrons. The molecule has 3 amide bonds. The van der Waals surface area contributed by atoms with Crippen LogP contribution in [-0.4, -0.2) is 44.0 Å². The minimum absolute atomic E-state index is 0.139. The molecule has 0 saturated carbocycles. The lowest BCUT2D eigenvalue weighted by atomic mass is 9.86. The van der Waals surface area contributed by atoms with Crippen LogP contribution in [0.2, 0.25) is 0 Å². The van der Waals surface area contributed by atoms with E-state index < -0.39 is 6.09 Å². The standard InChI is InChI=1S/C30H37N5O3/c1-19-8-10-23(11-9-19)35-27(18-26(33-35)30(2,3)4)32-28(36)31-22-7-5-6-20(15-22)14-21-16-24-12-13-25(17-21)34(24)29(37)38/h5-11,15,18,21,24-25H,12-14,16-17H2,1-4H3,(H,37,38)(H2,31,32,36)/t21-,24-,25+. The van der Waals surface area contributed by atoms with Gasteiger partial charge in [-0.05, 0) is 74.8 Å². The molecular weight excluding hydrogens is 478 g/mol. The van der Waals surface area contributed by atoms with Crippen LogP contribution in [0.1, 0.15) is 63.3 Å². The van der Waals surface area contributed by atoms with E-state index in [0.717, 1.165) is 60.3 Å². The summed E-state index contributed by atoms with van der Waals surface area (Å²) >= 11 is 0. The first kappa shape index (κ1) is 25.8. The largest absolute Gasteiger partial charge is 0.465 e. The topological polar surface area (TPSA) is 99.5 Å². The van der Waals surface area contributed by atoms with Crippen LogP contribution in [0.3, 0.4) is 0 Å². The molecule has 0 unspecified atom stereocenters. The highest BCUT2D eigenvalue weighted by atomic mass is 16.4. The number of rotatable bonds is 5. The third kappa shape index (κ3) is 5.54. The van der Waals surface area contributed by atoms with Gasteiger partial charge in [-0.15, -0.1) is 0 Å². The van der Waals surface area contributed by atoms with Gasteiger partial charge in [-0.2, -0.15) is 5.10 Å². The van der Waals surface area contributed by atoms with E-state index in [1.165, 1.54) is 0 Å². The number of carboxylic acid groups (broad SMARTS) is 1. The lowest BCUT2D eigenvalue weighted by Gasteiger charge is -2.37. The Bertz CT molecular complexity index is 1310. The van der Waals surface area contributed by atoms with Gasteiger partial charge in [0, 0.05) is 29.3 Å². The zero-order valence-electron chi connectivity index (χ0n) is 22.6. The molecule has 3 N–H and O–H groups in total. The summed E-state index contributed by atoms with van der Waals surface area (Å²) in [6.07, 6.45) is 3.83. The van der Waals surface area contributed by atoms with Gasteiger partial charge >= 0.3 is 12.1 Å². The number of urea groups is 1. The summed E-state index contributed by atoms with van der Waals surface area (Å²) in [6, 6.07) is 17.9. The Balaban J connectivity index is 1.27. The number of piperidine rings is 1. The SMILES string of the molecule is Cc1ccc(-n2nc(C(C)(C)C)cc2NC(=O)Nc2cccc(C[C@@H]3C[C@H]4CC[C@@H](C3)N4C(=O)O)c2)cc1. The van der Waals surface area contributed by atoms with E-state index >= 15 is 0 Å². The van der Waals surface area contributed by atoms with Crippen molar-refractivity contribution in [3.63, 3.8) is 0 Å². The summed E-state index contributed by atoms with van der Waals surface area (Å²) in [6.45, 7) is 8.33. The van der Waals surface area contributed by atoms with Crippen molar-refractivity contribution in [2.24, 2.45) is 5.92 Å². The Morgan fingerprint density at radius 2 is 1.68 bits per heavy atom. The number of aromatic nitrogens is 2. The number of carbonyl (C=O) groups is 2. The molecule has 2 fully saturated rings. The summed E-state index contributed by atoms with van der Waals surface area (Å²) in [5.74, 6) is 1.06. The van der Waals surface area contributed by atoms with Gasteiger partial charge in [0.15, 0.2) is 0 Å². The summed E-state index contributed by atoms with van der Waals surface area (Å²) in [5.41, 5.74) is 4.63. The van der Waals surface area contributed by atoms with Crippen LogP contribution in [0.25, 0.3) is 5.69 Å². The van der Waals surface area contributed by atoms with Crippen molar-refractivity contribution in [3.8, 4) is 5.69 Å². The predicted molar refractivity (Wildman–Crippen MR) is 149 cm³/mol. The fourth-order valence-electron chi connectivity index (χ4n) is 5.88. The van der Waals surface area contributed by atoms with E-state index in [4.69, 9.17) is 5.10 Å². The van der Waals surface area contributed by atoms with Crippen molar-refractivity contribution in [1.29, 1.82) is 0 Å². The lowest BCUT2D eigenvalue weighted by molar-refractivity contribution is 0.0850. The number of nitrogens with one attached hydrogen (secondary N) is 2. The highest BCUT2D eigenvalue weighted by Gasteiger charge is 2.43. The summed E-state index contributed by atoms with van der Waals surface area (Å²) in [7, 11) is 0. The molecule has 2 aromatic carbocycles. The summed E-state index contributed by atoms with van der Waals surface area (Å²) < 4.78 is 1.77. The maximum absolute atomic E-state index is 13.0. The second-order valence-corrected chi connectivity index (χ2v) is 11.8. The zero-order chi connectivity index (χ0) is 27.0. The molecule has 2 saturated heterocycles. The number of amides is 3. The van der Waals surface area contributed by atoms with E-state index in [1.54, 1.807) is 9.58 Å². The molecule has 1 aromatic heterocycles. The van der Waals surface area contributed by atoms with Crippen LogP contribution < -0.4 is 10.6 Å². The number of hydrogen-bond donors (Lipinski definition) is 3. The second kappa shape index (κ2) is 10.2. The molecule has 0 spiro atoms. The molecular formula is C30H37N5O3. The van der Waals surface area contributed by atoms with E-state index in [0.29, 0.717) is 11.7 Å². The predicted octanol–water partition coefficient (Wildman–Crippen LogP) is 6.59. The van der Waals surface area contributed by atoms with Gasteiger partial charge in [-0.3, -0.25) is 5.32 Å². The molecule has 200 valence electrons. The summed E-state index contributed by atoms with van der Waals surface area (Å²) in [4.78, 5) is 26.3. The zero-order valence-corrected chi connectivity index (χ0v) is 22.6. The number of carbonyl (C=O) groups excluding carboxylic acids is 1. The molecule has 2 aliphatic heterocycles. The fourth-order valence-corrected chi connectivity index (χ4v) is 5.88. The molecule has 2 bridgehead atoms. The van der Waals surface area contributed by atoms with Crippen LogP contribution in [0.15, 0.2) is 54.6 Å². The Morgan fingerprint density at radius 3 is 2.32 bits per heavy atom. The first-order chi connectivity index (χ1) is 18.1.